The van der Waals surface area contributed by atoms with Crippen LogP contribution >= 0.6 is 0 Å². The summed E-state index contributed by atoms with van der Waals surface area (Å²) in [5, 5.41) is 12.5. The van der Waals surface area contributed by atoms with Gasteiger partial charge in [-0.2, -0.15) is 0 Å². The average Bonchev–Trinajstić information content (AvgIpc) is 3.63. The minimum Gasteiger partial charge on any atom is -0.480 e. The van der Waals surface area contributed by atoms with Crippen LogP contribution in [0.3, 0.4) is 0 Å². The molecule has 73 heavy (non-hydrogen) atoms. The number of benzene rings is 3. The molecule has 2 fully saturated rings. The highest BCUT2D eigenvalue weighted by molar-refractivity contribution is 5.81. The molecule has 2 heterocycles. The van der Waals surface area contributed by atoms with E-state index < -0.39 is 135 Å². The van der Waals surface area contributed by atoms with Crippen molar-refractivity contribution in [2.75, 3.05) is 19.8 Å². The maximum atomic E-state index is 13.1. The van der Waals surface area contributed by atoms with Crippen LogP contribution in [-0.4, -0.2) is 146 Å². The molecule has 1 amide bonds. The lowest BCUT2D eigenvalue weighted by Gasteiger charge is -2.48. The lowest BCUT2D eigenvalue weighted by molar-refractivity contribution is -0.354. The predicted octanol–water partition coefficient (Wildman–Crippen LogP) is 3.22. The first-order chi connectivity index (χ1) is 34.7. The first kappa shape index (κ1) is 54.7. The minimum atomic E-state index is -1.89. The Morgan fingerprint density at radius 2 is 0.945 bits per heavy atom. The molecule has 6 rings (SSSR count). The fourth-order valence-electron chi connectivity index (χ4n) is 8.62. The van der Waals surface area contributed by atoms with Crippen LogP contribution in [0.25, 0.3) is 11.1 Å². The molecular formula is C50H55NO22. The number of rotatable bonds is 19. The normalized spacial score (nSPS) is 24.4. The number of hydrogen-bond donors (Lipinski definition) is 2. The van der Waals surface area contributed by atoms with Crippen molar-refractivity contribution < 1.29 is 105 Å². The van der Waals surface area contributed by atoms with Gasteiger partial charge in [-0.15, -0.1) is 0 Å². The van der Waals surface area contributed by atoms with Gasteiger partial charge in [-0.1, -0.05) is 60.7 Å². The molecule has 3 aromatic carbocycles. The Bertz CT molecular complexity index is 2480. The third-order valence-electron chi connectivity index (χ3n) is 11.4. The van der Waals surface area contributed by atoms with Gasteiger partial charge in [0, 0.05) is 60.8 Å². The molecule has 2 saturated heterocycles. The third kappa shape index (κ3) is 14.5. The molecular weight excluding hydrogens is 967 g/mol. The van der Waals surface area contributed by atoms with Crippen LogP contribution in [0.2, 0.25) is 0 Å². The number of carboxylic acids is 1. The summed E-state index contributed by atoms with van der Waals surface area (Å²) in [5.74, 6) is -7.83. The molecule has 0 unspecified atom stereocenters. The van der Waals surface area contributed by atoms with Crippen LogP contribution in [0.1, 0.15) is 71.1 Å². The highest BCUT2D eigenvalue weighted by Crippen LogP contribution is 2.44. The van der Waals surface area contributed by atoms with Crippen molar-refractivity contribution in [2.45, 2.75) is 128 Å². The Morgan fingerprint density at radius 1 is 0.507 bits per heavy atom. The second-order valence-corrected chi connectivity index (χ2v) is 17.0. The Hall–Kier alpha value is -7.63. The first-order valence-corrected chi connectivity index (χ1v) is 22.9. The lowest BCUT2D eigenvalue weighted by atomic mass is 9.96. The second kappa shape index (κ2) is 24.7. The third-order valence-corrected chi connectivity index (χ3v) is 11.4. The number of aliphatic carboxylic acids is 1. The topological polar surface area (TPSA) is 297 Å². The highest BCUT2D eigenvalue weighted by atomic mass is 16.8. The molecule has 1 aliphatic carbocycles. The van der Waals surface area contributed by atoms with Gasteiger partial charge in [0.05, 0.1) is 0 Å². The number of carbonyl (C=O) groups is 9. The maximum Gasteiger partial charge on any atom is 0.407 e. The number of amides is 1. The van der Waals surface area contributed by atoms with Crippen LogP contribution in [-0.2, 0) is 96.9 Å². The van der Waals surface area contributed by atoms with E-state index >= 15 is 0 Å². The summed E-state index contributed by atoms with van der Waals surface area (Å²) in [4.78, 5) is 113. The predicted molar refractivity (Wildman–Crippen MR) is 244 cm³/mol. The zero-order valence-corrected chi connectivity index (χ0v) is 40.7. The Kier molecular flexibility index (Phi) is 18.5. The number of ether oxygens (including phenoxy) is 12. The molecule has 2 aliphatic heterocycles. The number of carbonyl (C=O) groups excluding carboxylic acids is 8. The maximum absolute atomic E-state index is 13.1. The highest BCUT2D eigenvalue weighted by Gasteiger charge is 2.58. The second-order valence-electron chi connectivity index (χ2n) is 17.0. The summed E-state index contributed by atoms with van der Waals surface area (Å²) in [6, 6.07) is 19.9. The number of carboxylic acid groups (broad SMARTS) is 1. The van der Waals surface area contributed by atoms with Crippen molar-refractivity contribution >= 4 is 53.8 Å². The van der Waals surface area contributed by atoms with Crippen molar-refractivity contribution in [3.8, 4) is 16.9 Å². The van der Waals surface area contributed by atoms with Crippen LogP contribution in [0.15, 0.2) is 72.8 Å². The zero-order valence-electron chi connectivity index (χ0n) is 40.7. The molecule has 0 aromatic heterocycles. The van der Waals surface area contributed by atoms with Gasteiger partial charge in [-0.25, -0.2) is 9.59 Å². The number of esters is 7. The molecule has 23 nitrogen and oxygen atoms in total. The van der Waals surface area contributed by atoms with Gasteiger partial charge < -0.3 is 67.3 Å². The van der Waals surface area contributed by atoms with Crippen LogP contribution < -0.4 is 10.1 Å². The van der Waals surface area contributed by atoms with Crippen molar-refractivity contribution in [3.05, 3.63) is 89.5 Å². The number of nitrogens with one attached hydrogen (secondary N) is 1. The number of hydrogen-bond acceptors (Lipinski definition) is 21. The molecule has 3 aliphatic rings. The van der Waals surface area contributed by atoms with E-state index in [-0.39, 0.29) is 24.7 Å². The molecule has 0 bridgehead atoms. The number of alkyl carbamates (subject to hydrolysis) is 1. The quantitative estimate of drug-likeness (QED) is 0.129. The van der Waals surface area contributed by atoms with Gasteiger partial charge in [-0.05, 0) is 39.9 Å². The van der Waals surface area contributed by atoms with Crippen LogP contribution in [0.5, 0.6) is 5.75 Å². The molecule has 2 N–H and O–H groups in total. The molecule has 392 valence electrons. The monoisotopic (exact) mass is 1020 g/mol. The summed E-state index contributed by atoms with van der Waals surface area (Å²) in [7, 11) is 0. The van der Waals surface area contributed by atoms with Crippen molar-refractivity contribution in [1.29, 1.82) is 0 Å². The Balaban J connectivity index is 1.23. The largest absolute Gasteiger partial charge is 0.480 e. The van der Waals surface area contributed by atoms with Gasteiger partial charge in [0.1, 0.15) is 49.9 Å². The Labute approximate surface area is 417 Å². The minimum absolute atomic E-state index is 0.0361. The van der Waals surface area contributed by atoms with E-state index in [1.807, 2.05) is 48.5 Å². The molecule has 23 heteroatoms. The molecule has 0 radical (unpaired) electrons. The standard InChI is InChI=1S/C50H55NO22/c1-24(52)62-22-39-41(65-26(3)54)43(66-27(4)55)46(69-30(7)58)49(72-39)73-42-40(23-63-25(2)53)71-48(45(68-29(6)57)44(42)67-28(5)56)70-32-18-16-31(17-19-32)20-38(47(59)60)51-50(61)64-21-37-35-14-10-8-12-33(35)34-13-9-11-15-36(34)37/h8-19,37-46,48-49H,20-23H2,1-7H3,(H,51,61)(H,59,60)/t38-,39+,40+,41-,42+,43-,44-,45+,46+,48+,49-/m0/s1. The van der Waals surface area contributed by atoms with Crippen LogP contribution in [0.4, 0.5) is 4.79 Å². The SMILES string of the molecule is CC(=O)OC[C@H]1O[C@@H](O[C@H]2[C@H](OC(C)=O)[C@@H](OC(C)=O)[C@H](Oc3ccc(C[C@H](NC(=O)OCC4c5ccccc5-c5ccccc54)C(=O)O)cc3)O[C@@H]2COC(C)=O)[C@H](OC(C)=O)[C@@H](OC(C)=O)[C@H]1OC(C)=O. The van der Waals surface area contributed by atoms with E-state index in [1.54, 1.807) is 0 Å². The van der Waals surface area contributed by atoms with E-state index in [2.05, 4.69) is 5.32 Å². The molecule has 0 saturated carbocycles. The average molecular weight is 1020 g/mol. The molecule has 0 spiro atoms. The van der Waals surface area contributed by atoms with Crippen molar-refractivity contribution in [1.82, 2.24) is 5.32 Å². The summed E-state index contributed by atoms with van der Waals surface area (Å²) < 4.78 is 68.8. The van der Waals surface area contributed by atoms with E-state index in [9.17, 15) is 48.3 Å². The van der Waals surface area contributed by atoms with Crippen molar-refractivity contribution in [2.24, 2.45) is 0 Å². The lowest BCUT2D eigenvalue weighted by Crippen LogP contribution is -2.67. The van der Waals surface area contributed by atoms with Gasteiger partial charge in [0.15, 0.2) is 30.7 Å². The summed E-state index contributed by atoms with van der Waals surface area (Å²) in [6.07, 6.45) is -17.9. The van der Waals surface area contributed by atoms with Gasteiger partial charge in [-0.3, -0.25) is 33.6 Å². The van der Waals surface area contributed by atoms with Crippen molar-refractivity contribution in [3.63, 3.8) is 0 Å². The first-order valence-electron chi connectivity index (χ1n) is 22.9. The smallest absolute Gasteiger partial charge is 0.407 e. The summed E-state index contributed by atoms with van der Waals surface area (Å²) in [6.45, 7) is 5.95. The number of fused-ring (bicyclic) bond motifs is 3. The van der Waals surface area contributed by atoms with E-state index in [0.29, 0.717) is 5.56 Å². The fraction of sp³-hybridized carbons (Fsp3) is 0.460. The van der Waals surface area contributed by atoms with Gasteiger partial charge >= 0.3 is 53.8 Å². The molecule has 11 atom stereocenters. The van der Waals surface area contributed by atoms with E-state index in [0.717, 1.165) is 70.7 Å². The zero-order chi connectivity index (χ0) is 53.1. The van der Waals surface area contributed by atoms with Gasteiger partial charge in [0.25, 0.3) is 0 Å². The van der Waals surface area contributed by atoms with Crippen LogP contribution in [0, 0.1) is 0 Å². The van der Waals surface area contributed by atoms with E-state index in [1.165, 1.54) is 24.3 Å². The van der Waals surface area contributed by atoms with E-state index in [4.69, 9.17) is 56.8 Å². The fourth-order valence-corrected chi connectivity index (χ4v) is 8.62. The summed E-state index contributed by atoms with van der Waals surface area (Å²) in [5.41, 5.74) is 4.41. The van der Waals surface area contributed by atoms with Gasteiger partial charge in [0.2, 0.25) is 12.4 Å². The Morgan fingerprint density at radius 3 is 1.44 bits per heavy atom. The summed E-state index contributed by atoms with van der Waals surface area (Å²) >= 11 is 0. The molecule has 3 aromatic rings.